The number of allylic oxidation sites excluding steroid dienone is 3. The summed E-state index contributed by atoms with van der Waals surface area (Å²) in [5, 5.41) is 18.3. The van der Waals surface area contributed by atoms with Gasteiger partial charge in [-0.1, -0.05) is 18.2 Å². The van der Waals surface area contributed by atoms with Crippen molar-refractivity contribution in [1.82, 2.24) is 0 Å². The van der Waals surface area contributed by atoms with Crippen molar-refractivity contribution in [3.8, 4) is 0 Å². The summed E-state index contributed by atoms with van der Waals surface area (Å²) in [7, 11) is 0. The Balaban J connectivity index is 2.56. The topological polar surface area (TPSA) is 66.5 Å². The average molecular weight is 169 g/mol. The van der Waals surface area contributed by atoms with Crippen LogP contribution < -0.4 is 5.73 Å². The maximum atomic E-state index is 9.56. The van der Waals surface area contributed by atoms with Gasteiger partial charge in [-0.25, -0.2) is 0 Å². The molecule has 0 aliphatic heterocycles. The third-order valence-electron chi connectivity index (χ3n) is 2.04. The predicted octanol–water partition coefficient (Wildman–Crippen LogP) is -0.0567. The molecule has 0 fully saturated rings. The van der Waals surface area contributed by atoms with Crippen LogP contribution in [0.4, 0.5) is 0 Å². The summed E-state index contributed by atoms with van der Waals surface area (Å²) >= 11 is 0. The second kappa shape index (κ2) is 4.40. The number of aliphatic hydroxyl groups excluding tert-OH is 2. The lowest BCUT2D eigenvalue weighted by Crippen LogP contribution is -2.39. The molecule has 0 radical (unpaired) electrons. The lowest BCUT2D eigenvalue weighted by Gasteiger charge is -2.20. The molecular formula is C9H15NO2. The molecule has 0 unspecified atom stereocenters. The smallest absolute Gasteiger partial charge is 0.0926 e. The van der Waals surface area contributed by atoms with Crippen LogP contribution >= 0.6 is 0 Å². The zero-order chi connectivity index (χ0) is 8.97. The number of nitrogens with two attached hydrogens (primary N) is 1. The highest BCUT2D eigenvalue weighted by Gasteiger charge is 2.18. The fourth-order valence-corrected chi connectivity index (χ4v) is 1.24. The number of rotatable bonds is 3. The molecule has 0 aromatic carbocycles. The number of hydrogen-bond acceptors (Lipinski definition) is 3. The van der Waals surface area contributed by atoms with Gasteiger partial charge in [-0.05, 0) is 18.4 Å². The highest BCUT2D eigenvalue weighted by molar-refractivity contribution is 5.22. The van der Waals surface area contributed by atoms with E-state index >= 15 is 0 Å². The largest absolute Gasteiger partial charge is 0.395 e. The van der Waals surface area contributed by atoms with E-state index in [1.807, 2.05) is 18.2 Å². The van der Waals surface area contributed by atoms with E-state index in [9.17, 15) is 5.11 Å². The molecule has 68 valence electrons. The quantitative estimate of drug-likeness (QED) is 0.554. The van der Waals surface area contributed by atoms with E-state index in [-0.39, 0.29) is 6.61 Å². The summed E-state index contributed by atoms with van der Waals surface area (Å²) in [5.74, 6) is 0. The molecule has 0 aromatic heterocycles. The van der Waals surface area contributed by atoms with Gasteiger partial charge in [0.1, 0.15) is 0 Å². The van der Waals surface area contributed by atoms with Crippen LogP contribution in [0.1, 0.15) is 12.8 Å². The van der Waals surface area contributed by atoms with Crippen LogP contribution in [-0.2, 0) is 0 Å². The van der Waals surface area contributed by atoms with Crippen molar-refractivity contribution < 1.29 is 10.2 Å². The van der Waals surface area contributed by atoms with E-state index < -0.39 is 12.1 Å². The molecule has 0 saturated heterocycles. The Morgan fingerprint density at radius 3 is 2.83 bits per heavy atom. The molecule has 12 heavy (non-hydrogen) atoms. The van der Waals surface area contributed by atoms with Gasteiger partial charge in [0.2, 0.25) is 0 Å². The van der Waals surface area contributed by atoms with E-state index in [4.69, 9.17) is 10.8 Å². The molecule has 1 aliphatic rings. The van der Waals surface area contributed by atoms with E-state index in [0.717, 1.165) is 18.4 Å². The third kappa shape index (κ3) is 2.17. The average Bonchev–Trinajstić information content (AvgIpc) is 2.17. The molecule has 0 saturated carbocycles. The molecule has 0 amide bonds. The van der Waals surface area contributed by atoms with Gasteiger partial charge in [0, 0.05) is 0 Å². The Hall–Kier alpha value is -0.640. The molecule has 4 N–H and O–H groups in total. The van der Waals surface area contributed by atoms with Crippen molar-refractivity contribution in [2.45, 2.75) is 25.0 Å². The summed E-state index contributed by atoms with van der Waals surface area (Å²) in [6.45, 7) is -0.178. The molecule has 1 rings (SSSR count). The van der Waals surface area contributed by atoms with Crippen LogP contribution in [0.15, 0.2) is 23.8 Å². The van der Waals surface area contributed by atoms with E-state index in [1.165, 1.54) is 0 Å². The Morgan fingerprint density at radius 2 is 2.33 bits per heavy atom. The lowest BCUT2D eigenvalue weighted by atomic mass is 9.96. The number of aliphatic hydroxyl groups is 2. The van der Waals surface area contributed by atoms with Crippen molar-refractivity contribution in [2.75, 3.05) is 6.61 Å². The first-order valence-corrected chi connectivity index (χ1v) is 4.16. The predicted molar refractivity (Wildman–Crippen MR) is 47.5 cm³/mol. The third-order valence-corrected chi connectivity index (χ3v) is 2.04. The van der Waals surface area contributed by atoms with E-state index in [1.54, 1.807) is 0 Å². The molecule has 1 aliphatic carbocycles. The van der Waals surface area contributed by atoms with Crippen molar-refractivity contribution in [1.29, 1.82) is 0 Å². The van der Waals surface area contributed by atoms with Crippen molar-refractivity contribution in [2.24, 2.45) is 5.73 Å². The normalized spacial score (nSPS) is 21.8. The summed E-state index contributed by atoms with van der Waals surface area (Å²) in [4.78, 5) is 0. The molecule has 3 nitrogen and oxygen atoms in total. The maximum absolute atomic E-state index is 9.56. The SMILES string of the molecule is N[C@H](CO)[C@H](O)C1=CC=CCC1. The molecule has 0 spiro atoms. The highest BCUT2D eigenvalue weighted by Crippen LogP contribution is 2.16. The van der Waals surface area contributed by atoms with Gasteiger partial charge in [0.05, 0.1) is 18.8 Å². The Kier molecular flexibility index (Phi) is 3.47. The van der Waals surface area contributed by atoms with Crippen molar-refractivity contribution >= 4 is 0 Å². The summed E-state index contributed by atoms with van der Waals surface area (Å²) in [6, 6.07) is -0.553. The zero-order valence-electron chi connectivity index (χ0n) is 6.98. The molecule has 0 heterocycles. The molecule has 0 bridgehead atoms. The Morgan fingerprint density at radius 1 is 1.58 bits per heavy atom. The molecular weight excluding hydrogens is 154 g/mol. The van der Waals surface area contributed by atoms with Gasteiger partial charge < -0.3 is 15.9 Å². The lowest BCUT2D eigenvalue weighted by molar-refractivity contribution is 0.133. The first-order chi connectivity index (χ1) is 5.75. The first-order valence-electron chi connectivity index (χ1n) is 4.16. The first kappa shape index (κ1) is 9.45. The molecule has 0 aromatic rings. The van der Waals surface area contributed by atoms with Crippen LogP contribution in [-0.4, -0.2) is 29.0 Å². The summed E-state index contributed by atoms with van der Waals surface area (Å²) < 4.78 is 0. The minimum absolute atomic E-state index is 0.178. The van der Waals surface area contributed by atoms with Gasteiger partial charge >= 0.3 is 0 Å². The Labute approximate surface area is 72.2 Å². The summed E-state index contributed by atoms with van der Waals surface area (Å²) in [6.07, 6.45) is 6.91. The van der Waals surface area contributed by atoms with Crippen LogP contribution in [0, 0.1) is 0 Å². The van der Waals surface area contributed by atoms with Gasteiger partial charge in [0.25, 0.3) is 0 Å². The van der Waals surface area contributed by atoms with Gasteiger partial charge in [-0.3, -0.25) is 0 Å². The van der Waals surface area contributed by atoms with Gasteiger partial charge in [0.15, 0.2) is 0 Å². The van der Waals surface area contributed by atoms with Gasteiger partial charge in [-0.15, -0.1) is 0 Å². The second-order valence-corrected chi connectivity index (χ2v) is 3.00. The highest BCUT2D eigenvalue weighted by atomic mass is 16.3. The van der Waals surface area contributed by atoms with Crippen molar-refractivity contribution in [3.63, 3.8) is 0 Å². The zero-order valence-corrected chi connectivity index (χ0v) is 6.98. The second-order valence-electron chi connectivity index (χ2n) is 3.00. The molecule has 2 atom stereocenters. The minimum atomic E-state index is -0.694. The Bertz CT molecular complexity index is 199. The summed E-state index contributed by atoms with van der Waals surface area (Å²) in [5.41, 5.74) is 6.40. The van der Waals surface area contributed by atoms with Crippen LogP contribution in [0.25, 0.3) is 0 Å². The van der Waals surface area contributed by atoms with Gasteiger partial charge in [-0.2, -0.15) is 0 Å². The standard InChI is InChI=1S/C9H15NO2/c10-8(6-11)9(12)7-4-2-1-3-5-7/h1-2,4,8-9,11-12H,3,5-6,10H2/t8-,9-/m1/s1. The monoisotopic (exact) mass is 169 g/mol. The minimum Gasteiger partial charge on any atom is -0.395 e. The van der Waals surface area contributed by atoms with E-state index in [0.29, 0.717) is 0 Å². The fourth-order valence-electron chi connectivity index (χ4n) is 1.24. The van der Waals surface area contributed by atoms with Crippen LogP contribution in [0.3, 0.4) is 0 Å². The van der Waals surface area contributed by atoms with Crippen molar-refractivity contribution in [3.05, 3.63) is 23.8 Å². The van der Waals surface area contributed by atoms with Crippen LogP contribution in [0.5, 0.6) is 0 Å². The van der Waals surface area contributed by atoms with E-state index in [2.05, 4.69) is 0 Å². The van der Waals surface area contributed by atoms with Crippen LogP contribution in [0.2, 0.25) is 0 Å². The fraction of sp³-hybridized carbons (Fsp3) is 0.556. The maximum Gasteiger partial charge on any atom is 0.0926 e. The number of hydrogen-bond donors (Lipinski definition) is 3. The molecule has 3 heteroatoms.